The highest BCUT2D eigenvalue weighted by molar-refractivity contribution is 8.77. The number of hydrogen-bond donors (Lipinski definition) is 0. The Hall–Kier alpha value is 0.270. The predicted molar refractivity (Wildman–Crippen MR) is 80.8 cm³/mol. The van der Waals surface area contributed by atoms with E-state index >= 15 is 0 Å². The summed E-state index contributed by atoms with van der Waals surface area (Å²) in [6, 6.07) is 0. The van der Waals surface area contributed by atoms with Gasteiger partial charge in [0.05, 0.1) is 0 Å². The SMILES string of the molecule is C=CCSCC=CSSCC=CCCC. The Bertz CT molecular complexity index is 185. The summed E-state index contributed by atoms with van der Waals surface area (Å²) in [7, 11) is 3.70. The molecule has 0 heterocycles. The van der Waals surface area contributed by atoms with E-state index in [0.29, 0.717) is 0 Å². The molecule has 0 aliphatic heterocycles. The molecule has 0 spiro atoms. The molecule has 0 unspecified atom stereocenters. The molecule has 0 bridgehead atoms. The van der Waals surface area contributed by atoms with Gasteiger partial charge < -0.3 is 0 Å². The van der Waals surface area contributed by atoms with E-state index in [1.165, 1.54) is 12.8 Å². The zero-order valence-corrected chi connectivity index (χ0v) is 11.8. The maximum Gasteiger partial charge on any atom is 0.0221 e. The molecule has 0 aromatic rings. The predicted octanol–water partition coefficient (Wildman–Crippen LogP) is 5.16. The van der Waals surface area contributed by atoms with E-state index in [0.717, 1.165) is 17.3 Å². The van der Waals surface area contributed by atoms with Crippen LogP contribution in [0.5, 0.6) is 0 Å². The van der Waals surface area contributed by atoms with E-state index in [9.17, 15) is 0 Å². The molecule has 0 rings (SSSR count). The summed E-state index contributed by atoms with van der Waals surface area (Å²) in [6.07, 6.45) is 11.1. The van der Waals surface area contributed by atoms with Crippen molar-refractivity contribution in [3.63, 3.8) is 0 Å². The van der Waals surface area contributed by atoms with Gasteiger partial charge >= 0.3 is 0 Å². The number of rotatable bonds is 10. The van der Waals surface area contributed by atoms with E-state index in [2.05, 4.69) is 37.1 Å². The lowest BCUT2D eigenvalue weighted by atomic mass is 10.3. The smallest absolute Gasteiger partial charge is 0.0221 e. The lowest BCUT2D eigenvalue weighted by Gasteiger charge is -1.91. The second-order valence-corrected chi connectivity index (χ2v) is 6.23. The van der Waals surface area contributed by atoms with Crippen LogP contribution in [0.3, 0.4) is 0 Å². The van der Waals surface area contributed by atoms with E-state index in [4.69, 9.17) is 0 Å². The van der Waals surface area contributed by atoms with Crippen LogP contribution in [0, 0.1) is 0 Å². The average Bonchev–Trinajstić information content (AvgIpc) is 2.26. The second-order valence-electron chi connectivity index (χ2n) is 2.84. The zero-order valence-electron chi connectivity index (χ0n) is 9.35. The Morgan fingerprint density at radius 3 is 2.67 bits per heavy atom. The molecule has 0 aromatic carbocycles. The molecule has 86 valence electrons. The molecule has 0 amide bonds. The minimum absolute atomic E-state index is 1.04. The fourth-order valence-electron chi connectivity index (χ4n) is 0.768. The van der Waals surface area contributed by atoms with Crippen LogP contribution in [0.25, 0.3) is 0 Å². The van der Waals surface area contributed by atoms with E-state index in [1.54, 1.807) is 0 Å². The highest BCUT2D eigenvalue weighted by Gasteiger charge is 1.82. The largest absolute Gasteiger partial charge is 0.154 e. The van der Waals surface area contributed by atoms with Gasteiger partial charge in [0.2, 0.25) is 0 Å². The molecule has 0 nitrogen and oxygen atoms in total. The summed E-state index contributed by atoms with van der Waals surface area (Å²) < 4.78 is 0. The lowest BCUT2D eigenvalue weighted by molar-refractivity contribution is 0.957. The van der Waals surface area contributed by atoms with Crippen LogP contribution in [0.2, 0.25) is 0 Å². The van der Waals surface area contributed by atoms with Crippen LogP contribution in [0.4, 0.5) is 0 Å². The van der Waals surface area contributed by atoms with E-state index < -0.39 is 0 Å². The summed E-state index contributed by atoms with van der Waals surface area (Å²) in [5.74, 6) is 3.24. The van der Waals surface area contributed by atoms with Gasteiger partial charge in [-0.1, -0.05) is 59.2 Å². The van der Waals surface area contributed by atoms with Gasteiger partial charge in [-0.25, -0.2) is 0 Å². The zero-order chi connectivity index (χ0) is 11.2. The van der Waals surface area contributed by atoms with E-state index in [-0.39, 0.29) is 0 Å². The molecule has 0 fully saturated rings. The minimum Gasteiger partial charge on any atom is -0.154 e. The normalized spacial score (nSPS) is 11.5. The van der Waals surface area contributed by atoms with Crippen molar-refractivity contribution in [3.8, 4) is 0 Å². The first kappa shape index (κ1) is 15.3. The van der Waals surface area contributed by atoms with E-state index in [1.807, 2.05) is 39.4 Å². The van der Waals surface area contributed by atoms with Gasteiger partial charge in [0.15, 0.2) is 0 Å². The highest BCUT2D eigenvalue weighted by Crippen LogP contribution is 2.22. The molecule has 0 saturated heterocycles. The first-order valence-corrected chi connectivity index (χ1v) is 8.72. The topological polar surface area (TPSA) is 0 Å². The molecule has 0 aliphatic carbocycles. The monoisotopic (exact) mass is 260 g/mol. The summed E-state index contributed by atoms with van der Waals surface area (Å²) in [5, 5.41) is 2.18. The Morgan fingerprint density at radius 1 is 1.07 bits per heavy atom. The van der Waals surface area contributed by atoms with Crippen LogP contribution in [-0.2, 0) is 0 Å². The Kier molecular flexibility index (Phi) is 14.5. The summed E-state index contributed by atoms with van der Waals surface area (Å²) in [6.45, 7) is 5.89. The van der Waals surface area contributed by atoms with Crippen molar-refractivity contribution in [2.75, 3.05) is 17.3 Å². The molecular formula is C12H20S3. The van der Waals surface area contributed by atoms with Gasteiger partial charge in [0, 0.05) is 17.3 Å². The summed E-state index contributed by atoms with van der Waals surface area (Å²) in [5.41, 5.74) is 0. The third-order valence-electron chi connectivity index (χ3n) is 1.46. The van der Waals surface area contributed by atoms with Crippen LogP contribution < -0.4 is 0 Å². The number of unbranched alkanes of at least 4 members (excludes halogenated alkanes) is 1. The number of hydrogen-bond acceptors (Lipinski definition) is 3. The van der Waals surface area contributed by atoms with Crippen molar-refractivity contribution >= 4 is 33.3 Å². The third-order valence-corrected chi connectivity index (χ3v) is 4.27. The van der Waals surface area contributed by atoms with Crippen molar-refractivity contribution in [1.82, 2.24) is 0 Å². The minimum atomic E-state index is 1.04. The molecule has 15 heavy (non-hydrogen) atoms. The molecule has 0 aliphatic rings. The molecule has 3 heteroatoms. The Morgan fingerprint density at radius 2 is 1.93 bits per heavy atom. The van der Waals surface area contributed by atoms with Gasteiger partial charge in [-0.05, 0) is 11.8 Å². The Balaban J connectivity index is 3.12. The molecule has 0 saturated carbocycles. The van der Waals surface area contributed by atoms with Crippen molar-refractivity contribution in [2.24, 2.45) is 0 Å². The maximum absolute atomic E-state index is 3.68. The molecule has 0 aromatic heterocycles. The number of allylic oxidation sites excluding steroid dienone is 1. The van der Waals surface area contributed by atoms with Gasteiger partial charge in [0.25, 0.3) is 0 Å². The van der Waals surface area contributed by atoms with Crippen molar-refractivity contribution in [1.29, 1.82) is 0 Å². The average molecular weight is 260 g/mol. The molecule has 0 atom stereocenters. The Labute approximate surface area is 106 Å². The first-order valence-electron chi connectivity index (χ1n) is 5.18. The first-order chi connectivity index (χ1) is 7.41. The van der Waals surface area contributed by atoms with Gasteiger partial charge in [-0.3, -0.25) is 0 Å². The third kappa shape index (κ3) is 14.3. The van der Waals surface area contributed by atoms with Crippen molar-refractivity contribution < 1.29 is 0 Å². The quantitative estimate of drug-likeness (QED) is 0.303. The molecule has 0 N–H and O–H groups in total. The number of thioether (sulfide) groups is 1. The summed E-state index contributed by atoms with van der Waals surface area (Å²) >= 11 is 1.89. The van der Waals surface area contributed by atoms with Crippen LogP contribution in [0.1, 0.15) is 19.8 Å². The van der Waals surface area contributed by atoms with Gasteiger partial charge in [-0.2, -0.15) is 11.8 Å². The van der Waals surface area contributed by atoms with Crippen molar-refractivity contribution in [3.05, 3.63) is 36.3 Å². The molecule has 0 radical (unpaired) electrons. The van der Waals surface area contributed by atoms with Gasteiger partial charge in [-0.15, -0.1) is 6.58 Å². The summed E-state index contributed by atoms with van der Waals surface area (Å²) in [4.78, 5) is 0. The van der Waals surface area contributed by atoms with Crippen LogP contribution >= 0.6 is 33.3 Å². The fourth-order valence-corrected chi connectivity index (χ4v) is 2.91. The highest BCUT2D eigenvalue weighted by atomic mass is 33.1. The standard InChI is InChI=1S/C12H20S3/c1-3-5-6-7-11-14-15-12-8-10-13-9-4-2/h4,6-8,12H,2-3,5,9-11H2,1H3. The van der Waals surface area contributed by atoms with Crippen LogP contribution in [-0.4, -0.2) is 17.3 Å². The fraction of sp³-hybridized carbons (Fsp3) is 0.500. The van der Waals surface area contributed by atoms with Crippen molar-refractivity contribution in [2.45, 2.75) is 19.8 Å². The lowest BCUT2D eigenvalue weighted by Crippen LogP contribution is -1.71. The van der Waals surface area contributed by atoms with Gasteiger partial charge in [0.1, 0.15) is 0 Å². The van der Waals surface area contributed by atoms with Crippen LogP contribution in [0.15, 0.2) is 36.3 Å². The molecular weight excluding hydrogens is 240 g/mol. The second kappa shape index (κ2) is 14.3. The maximum atomic E-state index is 3.68.